The summed E-state index contributed by atoms with van der Waals surface area (Å²) in [6, 6.07) is 2.33. The molecule has 92 valence electrons. The van der Waals surface area contributed by atoms with Crippen molar-refractivity contribution in [2.24, 2.45) is 4.99 Å². The smallest absolute Gasteiger partial charge is 0.157 e. The van der Waals surface area contributed by atoms with E-state index in [4.69, 9.17) is 27.9 Å². The predicted molar refractivity (Wildman–Crippen MR) is 66.8 cm³/mol. The van der Waals surface area contributed by atoms with E-state index in [-0.39, 0.29) is 21.9 Å². The highest BCUT2D eigenvalue weighted by Gasteiger charge is 2.19. The summed E-state index contributed by atoms with van der Waals surface area (Å²) in [7, 11) is 0. The van der Waals surface area contributed by atoms with Crippen molar-refractivity contribution < 1.29 is 9.13 Å². The van der Waals surface area contributed by atoms with E-state index in [1.54, 1.807) is 0 Å². The van der Waals surface area contributed by atoms with Crippen molar-refractivity contribution in [2.75, 3.05) is 13.1 Å². The molecule has 6 heteroatoms. The molecule has 1 N–H and O–H groups in total. The second-order valence-electron chi connectivity index (χ2n) is 3.65. The van der Waals surface area contributed by atoms with Gasteiger partial charge in [0, 0.05) is 6.54 Å². The molecule has 1 unspecified atom stereocenters. The summed E-state index contributed by atoms with van der Waals surface area (Å²) in [6.07, 6.45) is -0.294. The molecule has 17 heavy (non-hydrogen) atoms. The molecule has 2 rings (SSSR count). The van der Waals surface area contributed by atoms with Crippen LogP contribution in [0, 0.1) is 5.82 Å². The Balaban J connectivity index is 2.18. The number of rotatable bonds is 3. The van der Waals surface area contributed by atoms with Gasteiger partial charge in [0.15, 0.2) is 11.9 Å². The summed E-state index contributed by atoms with van der Waals surface area (Å²) in [4.78, 5) is 4.23. The minimum Gasteiger partial charge on any atom is -0.480 e. The highest BCUT2D eigenvalue weighted by molar-refractivity contribution is 6.37. The van der Waals surface area contributed by atoms with Crippen LogP contribution in [0.3, 0.4) is 0 Å². The number of amidine groups is 1. The maximum absolute atomic E-state index is 13.0. The van der Waals surface area contributed by atoms with E-state index in [0.29, 0.717) is 0 Å². The summed E-state index contributed by atoms with van der Waals surface area (Å²) >= 11 is 11.8. The predicted octanol–water partition coefficient (Wildman–Crippen LogP) is 2.90. The maximum atomic E-state index is 13.0. The Bertz CT molecular complexity index is 442. The van der Waals surface area contributed by atoms with Crippen LogP contribution in [0.15, 0.2) is 17.1 Å². The summed E-state index contributed by atoms with van der Waals surface area (Å²) in [5, 5.41) is 3.40. The van der Waals surface area contributed by atoms with Gasteiger partial charge in [-0.1, -0.05) is 23.2 Å². The molecule has 0 amide bonds. The lowest BCUT2D eigenvalue weighted by atomic mass is 10.3. The lowest BCUT2D eigenvalue weighted by molar-refractivity contribution is 0.284. The molecule has 1 aliphatic heterocycles. The molecule has 0 saturated carbocycles. The SMILES string of the molecule is CC(Oc1c(Cl)cc(F)cc1Cl)C1=NCCN1. The first-order valence-corrected chi connectivity index (χ1v) is 5.93. The van der Waals surface area contributed by atoms with Crippen LogP contribution in [0.1, 0.15) is 6.92 Å². The molecule has 0 bridgehead atoms. The Morgan fingerprint density at radius 2 is 2.06 bits per heavy atom. The molecule has 0 saturated heterocycles. The second kappa shape index (κ2) is 5.10. The fourth-order valence-corrected chi connectivity index (χ4v) is 2.11. The zero-order valence-corrected chi connectivity index (χ0v) is 10.6. The summed E-state index contributed by atoms with van der Waals surface area (Å²) in [6.45, 7) is 3.36. The van der Waals surface area contributed by atoms with Gasteiger partial charge in [-0.25, -0.2) is 4.39 Å². The lowest BCUT2D eigenvalue weighted by Gasteiger charge is -2.17. The Hall–Kier alpha value is -1.00. The standard InChI is InChI=1S/C11H11Cl2FN2O/c1-6(11-15-2-3-16-11)17-10-8(12)4-7(14)5-9(10)13/h4-6H,2-3H2,1H3,(H,15,16). The molecule has 1 atom stereocenters. The zero-order valence-electron chi connectivity index (χ0n) is 9.14. The molecule has 1 aromatic rings. The molecule has 0 aliphatic carbocycles. The van der Waals surface area contributed by atoms with Crippen LogP contribution in [0.25, 0.3) is 0 Å². The number of hydrogen-bond acceptors (Lipinski definition) is 3. The van der Waals surface area contributed by atoms with Gasteiger partial charge < -0.3 is 10.1 Å². The van der Waals surface area contributed by atoms with Gasteiger partial charge in [-0.15, -0.1) is 0 Å². The topological polar surface area (TPSA) is 33.6 Å². The highest BCUT2D eigenvalue weighted by atomic mass is 35.5. The number of nitrogens with zero attached hydrogens (tertiary/aromatic N) is 1. The van der Waals surface area contributed by atoms with Crippen LogP contribution in [-0.4, -0.2) is 25.0 Å². The first-order chi connectivity index (χ1) is 8.08. The number of aliphatic imine (C=N–C) groups is 1. The molecule has 0 spiro atoms. The summed E-state index contributed by atoms with van der Waals surface area (Å²) in [5.41, 5.74) is 0. The van der Waals surface area contributed by atoms with E-state index in [1.807, 2.05) is 6.92 Å². The van der Waals surface area contributed by atoms with Crippen LogP contribution in [0.4, 0.5) is 4.39 Å². The Kier molecular flexibility index (Phi) is 3.74. The number of hydrogen-bond donors (Lipinski definition) is 1. The first kappa shape index (κ1) is 12.5. The summed E-state index contributed by atoms with van der Waals surface area (Å²) < 4.78 is 18.6. The number of ether oxygens (including phenoxy) is 1. The molecule has 3 nitrogen and oxygen atoms in total. The lowest BCUT2D eigenvalue weighted by Crippen LogP contribution is -2.33. The van der Waals surface area contributed by atoms with Crippen molar-refractivity contribution in [2.45, 2.75) is 13.0 Å². The van der Waals surface area contributed by atoms with Gasteiger partial charge in [-0.3, -0.25) is 4.99 Å². The van der Waals surface area contributed by atoms with E-state index < -0.39 is 5.82 Å². The third-order valence-corrected chi connectivity index (χ3v) is 2.90. The van der Waals surface area contributed by atoms with Crippen molar-refractivity contribution >= 4 is 29.0 Å². The van der Waals surface area contributed by atoms with E-state index >= 15 is 0 Å². The Morgan fingerprint density at radius 1 is 1.41 bits per heavy atom. The Labute approximate surface area is 109 Å². The minimum absolute atomic E-state index is 0.153. The van der Waals surface area contributed by atoms with Crippen LogP contribution in [-0.2, 0) is 0 Å². The number of nitrogens with one attached hydrogen (secondary N) is 1. The van der Waals surface area contributed by atoms with Crippen LogP contribution in [0.5, 0.6) is 5.75 Å². The monoisotopic (exact) mass is 276 g/mol. The summed E-state index contributed by atoms with van der Waals surface area (Å²) in [5.74, 6) is 0.538. The molecule has 1 aliphatic rings. The first-order valence-electron chi connectivity index (χ1n) is 5.17. The molecular weight excluding hydrogens is 266 g/mol. The van der Waals surface area contributed by atoms with Gasteiger partial charge in [-0.05, 0) is 19.1 Å². The number of halogens is 3. The van der Waals surface area contributed by atoms with Crippen molar-refractivity contribution in [3.63, 3.8) is 0 Å². The van der Waals surface area contributed by atoms with Crippen molar-refractivity contribution in [3.8, 4) is 5.75 Å². The average molecular weight is 277 g/mol. The van der Waals surface area contributed by atoms with E-state index in [1.165, 1.54) is 12.1 Å². The van der Waals surface area contributed by atoms with E-state index in [9.17, 15) is 4.39 Å². The fraction of sp³-hybridized carbons (Fsp3) is 0.364. The van der Waals surface area contributed by atoms with E-state index in [2.05, 4.69) is 10.3 Å². The highest BCUT2D eigenvalue weighted by Crippen LogP contribution is 2.34. The van der Waals surface area contributed by atoms with Gasteiger partial charge in [0.1, 0.15) is 11.7 Å². The third-order valence-electron chi connectivity index (χ3n) is 2.34. The number of benzene rings is 1. The largest absolute Gasteiger partial charge is 0.480 e. The molecular formula is C11H11Cl2FN2O. The van der Waals surface area contributed by atoms with Gasteiger partial charge in [0.25, 0.3) is 0 Å². The Morgan fingerprint density at radius 3 is 2.59 bits per heavy atom. The van der Waals surface area contributed by atoms with Gasteiger partial charge in [0.2, 0.25) is 0 Å². The van der Waals surface area contributed by atoms with Crippen molar-refractivity contribution in [1.29, 1.82) is 0 Å². The van der Waals surface area contributed by atoms with Crippen LogP contribution in [0.2, 0.25) is 10.0 Å². The van der Waals surface area contributed by atoms with Crippen molar-refractivity contribution in [3.05, 3.63) is 28.0 Å². The van der Waals surface area contributed by atoms with Gasteiger partial charge in [0.05, 0.1) is 16.6 Å². The molecule has 0 radical (unpaired) electrons. The molecule has 0 aromatic heterocycles. The molecule has 0 fully saturated rings. The maximum Gasteiger partial charge on any atom is 0.157 e. The van der Waals surface area contributed by atoms with Gasteiger partial charge >= 0.3 is 0 Å². The third kappa shape index (κ3) is 2.82. The van der Waals surface area contributed by atoms with Crippen LogP contribution < -0.4 is 10.1 Å². The minimum atomic E-state index is -0.490. The van der Waals surface area contributed by atoms with Gasteiger partial charge in [-0.2, -0.15) is 0 Å². The molecule has 1 heterocycles. The van der Waals surface area contributed by atoms with E-state index in [0.717, 1.165) is 18.9 Å². The fourth-order valence-electron chi connectivity index (χ4n) is 1.56. The van der Waals surface area contributed by atoms with Crippen LogP contribution >= 0.6 is 23.2 Å². The molecule has 1 aromatic carbocycles. The normalized spacial score (nSPS) is 16.4. The average Bonchev–Trinajstić information content (AvgIpc) is 2.76. The van der Waals surface area contributed by atoms with Crippen molar-refractivity contribution in [1.82, 2.24) is 5.32 Å². The quantitative estimate of drug-likeness (QED) is 0.921. The zero-order chi connectivity index (χ0) is 12.4. The second-order valence-corrected chi connectivity index (χ2v) is 4.47.